The Labute approximate surface area is 185 Å². The van der Waals surface area contributed by atoms with Crippen molar-refractivity contribution in [3.63, 3.8) is 0 Å². The number of nitrogens with one attached hydrogen (secondary N) is 1. The molecule has 1 aliphatic rings. The second-order valence-corrected chi connectivity index (χ2v) is 7.90. The summed E-state index contributed by atoms with van der Waals surface area (Å²) in [5, 5.41) is 8.84. The first kappa shape index (κ1) is 19.9. The van der Waals surface area contributed by atoms with E-state index >= 15 is 0 Å². The topological polar surface area (TPSA) is 88.3 Å². The zero-order valence-corrected chi connectivity index (χ0v) is 17.7. The van der Waals surface area contributed by atoms with E-state index in [2.05, 4.69) is 15.5 Å². The first-order valence-corrected chi connectivity index (χ1v) is 10.6. The van der Waals surface area contributed by atoms with E-state index in [9.17, 15) is 9.59 Å². The molecule has 0 spiro atoms. The molecule has 7 nitrogen and oxygen atoms in total. The second kappa shape index (κ2) is 8.26. The van der Waals surface area contributed by atoms with Crippen molar-refractivity contribution >= 4 is 28.3 Å². The SMILES string of the molecule is Cc1cccc(-c2noc(CNC(=O)CCCN3C(=O)c4cccc5cccc3c45)n2)c1. The van der Waals surface area contributed by atoms with Crippen molar-refractivity contribution in [3.05, 3.63) is 77.7 Å². The monoisotopic (exact) mass is 426 g/mol. The summed E-state index contributed by atoms with van der Waals surface area (Å²) < 4.78 is 5.25. The second-order valence-electron chi connectivity index (χ2n) is 7.90. The lowest BCUT2D eigenvalue weighted by atomic mass is 10.1. The van der Waals surface area contributed by atoms with E-state index in [1.807, 2.05) is 67.6 Å². The third-order valence-electron chi connectivity index (χ3n) is 5.62. The van der Waals surface area contributed by atoms with Gasteiger partial charge in [-0.15, -0.1) is 0 Å². The van der Waals surface area contributed by atoms with Crippen LogP contribution in [0.4, 0.5) is 5.69 Å². The minimum Gasteiger partial charge on any atom is -0.347 e. The highest BCUT2D eigenvalue weighted by molar-refractivity contribution is 6.25. The highest BCUT2D eigenvalue weighted by Crippen LogP contribution is 2.37. The normalized spacial score (nSPS) is 12.5. The number of amides is 2. The molecule has 32 heavy (non-hydrogen) atoms. The Bertz CT molecular complexity index is 1320. The quantitative estimate of drug-likeness (QED) is 0.477. The van der Waals surface area contributed by atoms with Gasteiger partial charge in [0, 0.05) is 29.5 Å². The van der Waals surface area contributed by atoms with Gasteiger partial charge in [-0.05, 0) is 36.9 Å². The Morgan fingerprint density at radius 3 is 2.75 bits per heavy atom. The van der Waals surface area contributed by atoms with Crippen LogP contribution in [0, 0.1) is 6.92 Å². The fraction of sp³-hybridized carbons (Fsp3) is 0.200. The first-order valence-electron chi connectivity index (χ1n) is 10.6. The Hall–Kier alpha value is -4.00. The van der Waals surface area contributed by atoms with Crippen LogP contribution in [0.2, 0.25) is 0 Å². The van der Waals surface area contributed by atoms with Crippen LogP contribution in [0.5, 0.6) is 0 Å². The van der Waals surface area contributed by atoms with Crippen molar-refractivity contribution in [1.29, 1.82) is 0 Å². The fourth-order valence-electron chi connectivity index (χ4n) is 4.09. The first-order chi connectivity index (χ1) is 15.6. The van der Waals surface area contributed by atoms with Crippen molar-refractivity contribution in [1.82, 2.24) is 15.5 Å². The third kappa shape index (κ3) is 3.73. The molecule has 160 valence electrons. The van der Waals surface area contributed by atoms with Crippen LogP contribution in [0.15, 0.2) is 65.2 Å². The van der Waals surface area contributed by atoms with Crippen LogP contribution in [0.25, 0.3) is 22.2 Å². The minimum atomic E-state index is -0.123. The summed E-state index contributed by atoms with van der Waals surface area (Å²) in [5.41, 5.74) is 3.62. The highest BCUT2D eigenvalue weighted by atomic mass is 16.5. The molecule has 0 saturated carbocycles. The number of rotatable bonds is 7. The number of nitrogens with zero attached hydrogens (tertiary/aromatic N) is 3. The molecule has 7 heteroatoms. The molecule has 0 saturated heterocycles. The average Bonchev–Trinajstić information content (AvgIpc) is 3.38. The maximum atomic E-state index is 12.8. The number of aromatic nitrogens is 2. The predicted octanol–water partition coefficient (Wildman–Crippen LogP) is 4.26. The molecule has 3 aromatic carbocycles. The molecule has 1 N–H and O–H groups in total. The summed E-state index contributed by atoms with van der Waals surface area (Å²) in [7, 11) is 0. The summed E-state index contributed by atoms with van der Waals surface area (Å²) in [6, 6.07) is 19.5. The summed E-state index contributed by atoms with van der Waals surface area (Å²) in [4.78, 5) is 31.2. The molecule has 0 aliphatic carbocycles. The van der Waals surface area contributed by atoms with Crippen LogP contribution in [-0.2, 0) is 11.3 Å². The van der Waals surface area contributed by atoms with Gasteiger partial charge in [-0.3, -0.25) is 9.59 Å². The van der Waals surface area contributed by atoms with E-state index in [4.69, 9.17) is 4.52 Å². The number of hydrogen-bond acceptors (Lipinski definition) is 5. The van der Waals surface area contributed by atoms with E-state index < -0.39 is 0 Å². The van der Waals surface area contributed by atoms with E-state index in [1.165, 1.54) is 0 Å². The Balaban J connectivity index is 1.14. The van der Waals surface area contributed by atoms with Crippen molar-refractivity contribution in [2.45, 2.75) is 26.3 Å². The molecule has 0 atom stereocenters. The molecule has 2 amide bonds. The van der Waals surface area contributed by atoms with Gasteiger partial charge in [0.25, 0.3) is 5.91 Å². The summed E-state index contributed by atoms with van der Waals surface area (Å²) >= 11 is 0. The highest BCUT2D eigenvalue weighted by Gasteiger charge is 2.29. The summed E-state index contributed by atoms with van der Waals surface area (Å²) in [5.74, 6) is 0.723. The van der Waals surface area contributed by atoms with E-state index in [0.29, 0.717) is 31.1 Å². The average molecular weight is 426 g/mol. The van der Waals surface area contributed by atoms with Gasteiger partial charge in [-0.25, -0.2) is 0 Å². The molecule has 5 rings (SSSR count). The number of carbonyl (C=O) groups is 2. The maximum absolute atomic E-state index is 12.8. The Kier molecular flexibility index (Phi) is 5.15. The van der Waals surface area contributed by atoms with Crippen LogP contribution in [0.1, 0.15) is 34.7 Å². The van der Waals surface area contributed by atoms with Crippen LogP contribution >= 0.6 is 0 Å². The summed E-state index contributed by atoms with van der Waals surface area (Å²) in [6.07, 6.45) is 0.856. The van der Waals surface area contributed by atoms with Gasteiger partial charge < -0.3 is 14.7 Å². The van der Waals surface area contributed by atoms with E-state index in [-0.39, 0.29) is 18.4 Å². The fourth-order valence-corrected chi connectivity index (χ4v) is 4.09. The number of anilines is 1. The molecule has 0 radical (unpaired) electrons. The van der Waals surface area contributed by atoms with Gasteiger partial charge in [0.1, 0.15) is 0 Å². The largest absolute Gasteiger partial charge is 0.347 e. The molecular weight excluding hydrogens is 404 g/mol. The van der Waals surface area contributed by atoms with Crippen LogP contribution in [0.3, 0.4) is 0 Å². The predicted molar refractivity (Wildman–Crippen MR) is 121 cm³/mol. The number of carbonyl (C=O) groups excluding carboxylic acids is 2. The number of aryl methyl sites for hydroxylation is 1. The molecule has 4 aromatic rings. The standard InChI is InChI=1S/C25H22N4O3/c1-16-6-2-9-18(14-16)24-27-22(32-28-24)15-26-21(30)12-5-13-29-20-11-4-8-17-7-3-10-19(23(17)20)25(29)31/h2-4,6-11,14H,5,12-13,15H2,1H3,(H,26,30). The van der Waals surface area contributed by atoms with Gasteiger partial charge in [0.15, 0.2) is 0 Å². The lowest BCUT2D eigenvalue weighted by molar-refractivity contribution is -0.121. The van der Waals surface area contributed by atoms with Crippen molar-refractivity contribution in [2.24, 2.45) is 0 Å². The minimum absolute atomic E-state index is 0.00764. The van der Waals surface area contributed by atoms with Gasteiger partial charge in [-0.2, -0.15) is 4.98 Å². The van der Waals surface area contributed by atoms with Crippen molar-refractivity contribution in [3.8, 4) is 11.4 Å². The van der Waals surface area contributed by atoms with Crippen LogP contribution in [-0.4, -0.2) is 28.5 Å². The molecular formula is C25H22N4O3. The summed E-state index contributed by atoms with van der Waals surface area (Å²) in [6.45, 7) is 2.66. The number of hydrogen-bond donors (Lipinski definition) is 1. The van der Waals surface area contributed by atoms with Gasteiger partial charge in [-0.1, -0.05) is 53.2 Å². The van der Waals surface area contributed by atoms with Crippen molar-refractivity contribution in [2.75, 3.05) is 11.4 Å². The molecule has 1 aliphatic heterocycles. The molecule has 0 bridgehead atoms. The lowest BCUT2D eigenvalue weighted by Crippen LogP contribution is -2.29. The smallest absolute Gasteiger partial charge is 0.258 e. The van der Waals surface area contributed by atoms with Crippen molar-refractivity contribution < 1.29 is 14.1 Å². The molecule has 0 fully saturated rings. The zero-order valence-electron chi connectivity index (χ0n) is 17.7. The maximum Gasteiger partial charge on any atom is 0.258 e. The lowest BCUT2D eigenvalue weighted by Gasteiger charge is -2.17. The Morgan fingerprint density at radius 1 is 1.09 bits per heavy atom. The Morgan fingerprint density at radius 2 is 1.91 bits per heavy atom. The third-order valence-corrected chi connectivity index (χ3v) is 5.62. The van der Waals surface area contributed by atoms with E-state index in [0.717, 1.165) is 33.2 Å². The molecule has 2 heterocycles. The van der Waals surface area contributed by atoms with Gasteiger partial charge in [0.2, 0.25) is 17.6 Å². The van der Waals surface area contributed by atoms with Crippen LogP contribution < -0.4 is 10.2 Å². The van der Waals surface area contributed by atoms with Gasteiger partial charge >= 0.3 is 0 Å². The molecule has 1 aromatic heterocycles. The van der Waals surface area contributed by atoms with E-state index in [1.54, 1.807) is 4.90 Å². The molecule has 0 unspecified atom stereocenters. The van der Waals surface area contributed by atoms with Gasteiger partial charge in [0.05, 0.1) is 12.2 Å². The number of benzene rings is 3. The zero-order chi connectivity index (χ0) is 22.1.